The Kier molecular flexibility index (Phi) is 5.83. The zero-order chi connectivity index (χ0) is 15.5. The minimum absolute atomic E-state index is 0.215. The molecule has 1 fully saturated rings. The van der Waals surface area contributed by atoms with Gasteiger partial charge in [-0.2, -0.15) is 0 Å². The van der Waals surface area contributed by atoms with Crippen LogP contribution in [0.5, 0.6) is 0 Å². The fourth-order valence-electron chi connectivity index (χ4n) is 2.85. The fraction of sp³-hybridized carbons (Fsp3) is 0.765. The van der Waals surface area contributed by atoms with Gasteiger partial charge in [0.25, 0.3) is 0 Å². The molecule has 0 bridgehead atoms. The molecule has 2 unspecified atom stereocenters. The number of ether oxygens (including phenoxy) is 1. The molecule has 0 saturated carbocycles. The van der Waals surface area contributed by atoms with Crippen molar-refractivity contribution in [1.82, 2.24) is 4.90 Å². The van der Waals surface area contributed by atoms with Gasteiger partial charge in [-0.3, -0.25) is 4.90 Å². The molecule has 1 aromatic heterocycles. The molecular weight excluding hydrogens is 280 g/mol. The first-order valence-corrected chi connectivity index (χ1v) is 8.85. The van der Waals surface area contributed by atoms with Crippen molar-refractivity contribution in [3.8, 4) is 0 Å². The van der Waals surface area contributed by atoms with E-state index in [1.165, 1.54) is 29.0 Å². The van der Waals surface area contributed by atoms with Crippen LogP contribution in [0.3, 0.4) is 0 Å². The number of nitrogens with zero attached hydrogens (tertiary/aromatic N) is 1. The van der Waals surface area contributed by atoms with Crippen molar-refractivity contribution in [2.75, 3.05) is 26.7 Å². The summed E-state index contributed by atoms with van der Waals surface area (Å²) in [6.07, 6.45) is 4.05. The Morgan fingerprint density at radius 3 is 2.67 bits per heavy atom. The van der Waals surface area contributed by atoms with E-state index in [0.717, 1.165) is 13.2 Å². The Bertz CT molecular complexity index is 432. The van der Waals surface area contributed by atoms with Crippen molar-refractivity contribution in [3.05, 3.63) is 21.9 Å². The number of rotatable bonds is 5. The smallest absolute Gasteiger partial charge is 0.0702 e. The van der Waals surface area contributed by atoms with Gasteiger partial charge in [-0.25, -0.2) is 0 Å². The third-order valence-corrected chi connectivity index (χ3v) is 5.83. The minimum Gasteiger partial charge on any atom is -0.377 e. The lowest BCUT2D eigenvalue weighted by Gasteiger charge is -2.32. The van der Waals surface area contributed by atoms with Crippen molar-refractivity contribution >= 4 is 11.3 Å². The molecule has 0 aliphatic carbocycles. The number of thiophene rings is 1. The topological polar surface area (TPSA) is 38.5 Å². The van der Waals surface area contributed by atoms with E-state index < -0.39 is 0 Å². The number of likely N-dealkylation sites (N-methyl/N-ethyl adjacent to an activating group) is 1. The molecular formula is C17H30N2OS. The molecule has 21 heavy (non-hydrogen) atoms. The van der Waals surface area contributed by atoms with Crippen LogP contribution in [0, 0.1) is 0 Å². The molecule has 0 aromatic carbocycles. The van der Waals surface area contributed by atoms with E-state index in [-0.39, 0.29) is 5.41 Å². The SMILES string of the molecule is CN(CC1CCCCO1)C(CN)c1ccc(C(C)(C)C)s1. The predicted octanol–water partition coefficient (Wildman–Crippen LogP) is 3.55. The fourth-order valence-corrected chi connectivity index (χ4v) is 4.09. The maximum atomic E-state index is 6.05. The van der Waals surface area contributed by atoms with Gasteiger partial charge in [0, 0.05) is 29.5 Å². The maximum Gasteiger partial charge on any atom is 0.0702 e. The molecule has 1 aliphatic rings. The Hall–Kier alpha value is -0.420. The molecule has 4 heteroatoms. The van der Waals surface area contributed by atoms with E-state index in [4.69, 9.17) is 10.5 Å². The van der Waals surface area contributed by atoms with Gasteiger partial charge in [0.05, 0.1) is 12.1 Å². The van der Waals surface area contributed by atoms with E-state index in [9.17, 15) is 0 Å². The van der Waals surface area contributed by atoms with Crippen LogP contribution in [0.1, 0.15) is 55.8 Å². The summed E-state index contributed by atoms with van der Waals surface area (Å²) in [6.45, 7) is 9.34. The molecule has 1 aliphatic heterocycles. The van der Waals surface area contributed by atoms with Crippen LogP contribution in [0.4, 0.5) is 0 Å². The first-order valence-electron chi connectivity index (χ1n) is 8.04. The highest BCUT2D eigenvalue weighted by molar-refractivity contribution is 7.12. The standard InChI is InChI=1S/C17H30N2OS/c1-17(2,3)16-9-8-15(21-16)14(11-18)19(4)12-13-7-5-6-10-20-13/h8-9,13-14H,5-7,10-12,18H2,1-4H3. The highest BCUT2D eigenvalue weighted by atomic mass is 32.1. The van der Waals surface area contributed by atoms with Crippen LogP contribution in [0.25, 0.3) is 0 Å². The van der Waals surface area contributed by atoms with E-state index in [1.807, 2.05) is 11.3 Å². The number of hydrogen-bond acceptors (Lipinski definition) is 4. The van der Waals surface area contributed by atoms with Crippen LogP contribution in [-0.4, -0.2) is 37.7 Å². The van der Waals surface area contributed by atoms with Crippen LogP contribution in [0.2, 0.25) is 0 Å². The summed E-state index contributed by atoms with van der Waals surface area (Å²) < 4.78 is 5.86. The Labute approximate surface area is 133 Å². The monoisotopic (exact) mass is 310 g/mol. The van der Waals surface area contributed by atoms with Gasteiger partial charge in [0.1, 0.15) is 0 Å². The van der Waals surface area contributed by atoms with Gasteiger partial charge in [0.15, 0.2) is 0 Å². The number of nitrogens with two attached hydrogens (primary N) is 1. The second kappa shape index (κ2) is 7.23. The van der Waals surface area contributed by atoms with Crippen molar-refractivity contribution in [2.24, 2.45) is 5.73 Å². The predicted molar refractivity (Wildman–Crippen MR) is 91.0 cm³/mol. The zero-order valence-electron chi connectivity index (χ0n) is 13.9. The first kappa shape index (κ1) is 16.9. The van der Waals surface area contributed by atoms with Crippen LogP contribution in [0.15, 0.2) is 12.1 Å². The Morgan fingerprint density at radius 1 is 1.38 bits per heavy atom. The summed E-state index contributed by atoms with van der Waals surface area (Å²) in [5, 5.41) is 0. The van der Waals surface area contributed by atoms with Gasteiger partial charge in [-0.15, -0.1) is 11.3 Å². The molecule has 2 atom stereocenters. The normalized spacial score (nSPS) is 21.7. The average molecular weight is 311 g/mol. The highest BCUT2D eigenvalue weighted by Crippen LogP contribution is 2.34. The largest absolute Gasteiger partial charge is 0.377 e. The van der Waals surface area contributed by atoms with Crippen LogP contribution < -0.4 is 5.73 Å². The number of hydrogen-bond donors (Lipinski definition) is 1. The minimum atomic E-state index is 0.215. The van der Waals surface area contributed by atoms with Gasteiger partial charge < -0.3 is 10.5 Å². The molecule has 2 N–H and O–H groups in total. The van der Waals surface area contributed by atoms with Gasteiger partial charge in [0.2, 0.25) is 0 Å². The second-order valence-corrected chi connectivity index (χ2v) is 8.25. The lowest BCUT2D eigenvalue weighted by atomic mass is 9.95. The lowest BCUT2D eigenvalue weighted by molar-refractivity contribution is -0.00754. The Morgan fingerprint density at radius 2 is 2.14 bits per heavy atom. The molecule has 0 amide bonds. The van der Waals surface area contributed by atoms with Gasteiger partial charge >= 0.3 is 0 Å². The van der Waals surface area contributed by atoms with Crippen molar-refractivity contribution in [3.63, 3.8) is 0 Å². The molecule has 0 radical (unpaired) electrons. The summed E-state index contributed by atoms with van der Waals surface area (Å²) in [4.78, 5) is 5.17. The van der Waals surface area contributed by atoms with Gasteiger partial charge in [-0.1, -0.05) is 20.8 Å². The average Bonchev–Trinajstić information content (AvgIpc) is 2.90. The lowest BCUT2D eigenvalue weighted by Crippen LogP contribution is -2.38. The Balaban J connectivity index is 2.02. The molecule has 2 heterocycles. The van der Waals surface area contributed by atoms with E-state index in [2.05, 4.69) is 44.9 Å². The third-order valence-electron chi connectivity index (χ3n) is 4.22. The van der Waals surface area contributed by atoms with Crippen molar-refractivity contribution in [1.29, 1.82) is 0 Å². The molecule has 3 nitrogen and oxygen atoms in total. The second-order valence-electron chi connectivity index (χ2n) is 7.13. The van der Waals surface area contributed by atoms with Crippen molar-refractivity contribution in [2.45, 2.75) is 57.6 Å². The molecule has 2 rings (SSSR count). The summed E-state index contributed by atoms with van der Waals surface area (Å²) in [6, 6.07) is 4.81. The van der Waals surface area contributed by atoms with E-state index >= 15 is 0 Å². The van der Waals surface area contributed by atoms with E-state index in [0.29, 0.717) is 18.7 Å². The van der Waals surface area contributed by atoms with E-state index in [1.54, 1.807) is 0 Å². The summed E-state index contributed by atoms with van der Waals surface area (Å²) in [5.41, 5.74) is 6.27. The first-order chi connectivity index (χ1) is 9.91. The maximum absolute atomic E-state index is 6.05. The van der Waals surface area contributed by atoms with Crippen LogP contribution >= 0.6 is 11.3 Å². The third kappa shape index (κ3) is 4.52. The molecule has 0 spiro atoms. The summed E-state index contributed by atoms with van der Waals surface area (Å²) >= 11 is 1.90. The van der Waals surface area contributed by atoms with Crippen LogP contribution in [-0.2, 0) is 10.2 Å². The zero-order valence-corrected chi connectivity index (χ0v) is 14.7. The molecule has 1 aromatic rings. The molecule has 1 saturated heterocycles. The summed E-state index contributed by atoms with van der Waals surface area (Å²) in [5.74, 6) is 0. The van der Waals surface area contributed by atoms with Crippen molar-refractivity contribution < 1.29 is 4.74 Å². The quantitative estimate of drug-likeness (QED) is 0.904. The van der Waals surface area contributed by atoms with Gasteiger partial charge in [-0.05, 0) is 43.9 Å². The highest BCUT2D eigenvalue weighted by Gasteiger charge is 2.24. The summed E-state index contributed by atoms with van der Waals surface area (Å²) in [7, 11) is 2.17. The molecule has 120 valence electrons.